The molecule has 0 saturated heterocycles. The maximum Gasteiger partial charge on any atom is 0.194 e. The number of benzene rings is 2. The molecule has 0 atom stereocenters. The van der Waals surface area contributed by atoms with Gasteiger partial charge in [-0.3, -0.25) is 4.79 Å². The van der Waals surface area contributed by atoms with Crippen molar-refractivity contribution < 1.29 is 13.6 Å². The number of hydrogen-bond donors (Lipinski definition) is 0. The summed E-state index contributed by atoms with van der Waals surface area (Å²) in [5.74, 6) is -2.72. The highest BCUT2D eigenvalue weighted by atomic mass is 35.5. The molecule has 2 rings (SSSR count). The molecule has 0 amide bonds. The summed E-state index contributed by atoms with van der Waals surface area (Å²) in [6.45, 7) is 1.79. The summed E-state index contributed by atoms with van der Waals surface area (Å²) in [5, 5.41) is 0.283. The van der Waals surface area contributed by atoms with Crippen LogP contribution in [0.1, 0.15) is 21.5 Å². The van der Waals surface area contributed by atoms with Crippen LogP contribution in [-0.2, 0) is 0 Å². The van der Waals surface area contributed by atoms with Crippen molar-refractivity contribution in [3.8, 4) is 0 Å². The number of rotatable bonds is 2. The molecule has 0 aliphatic rings. The maximum absolute atomic E-state index is 13.2. The summed E-state index contributed by atoms with van der Waals surface area (Å²) in [6.07, 6.45) is 0. The summed E-state index contributed by atoms with van der Waals surface area (Å²) in [6, 6.07) is 6.26. The summed E-state index contributed by atoms with van der Waals surface area (Å²) in [7, 11) is 0. The van der Waals surface area contributed by atoms with Crippen LogP contribution in [0.15, 0.2) is 30.3 Å². The van der Waals surface area contributed by atoms with Crippen LogP contribution in [0.25, 0.3) is 0 Å². The Morgan fingerprint density at radius 1 is 1.00 bits per heavy atom. The Morgan fingerprint density at radius 2 is 1.63 bits per heavy atom. The normalized spacial score (nSPS) is 10.6. The zero-order chi connectivity index (χ0) is 14.2. The zero-order valence-electron chi connectivity index (χ0n) is 9.81. The molecule has 2 aromatic carbocycles. The third kappa shape index (κ3) is 2.77. The average Bonchev–Trinajstić information content (AvgIpc) is 2.36. The van der Waals surface area contributed by atoms with Gasteiger partial charge in [0.25, 0.3) is 0 Å². The van der Waals surface area contributed by atoms with Crippen molar-refractivity contribution in [1.82, 2.24) is 0 Å². The second kappa shape index (κ2) is 5.27. The molecular weight excluding hydrogens is 293 g/mol. The Kier molecular flexibility index (Phi) is 3.88. The quantitative estimate of drug-likeness (QED) is 0.574. The average molecular weight is 301 g/mol. The number of hydrogen-bond acceptors (Lipinski definition) is 1. The van der Waals surface area contributed by atoms with Crippen LogP contribution in [0.5, 0.6) is 0 Å². The molecule has 98 valence electrons. The highest BCUT2D eigenvalue weighted by molar-refractivity contribution is 6.35. The maximum atomic E-state index is 13.2. The topological polar surface area (TPSA) is 17.1 Å². The number of aryl methyl sites for hydroxylation is 1. The van der Waals surface area contributed by atoms with E-state index in [0.29, 0.717) is 5.02 Å². The van der Waals surface area contributed by atoms with Gasteiger partial charge < -0.3 is 0 Å². The van der Waals surface area contributed by atoms with Crippen LogP contribution < -0.4 is 0 Å². The minimum absolute atomic E-state index is 0.0968. The minimum Gasteiger partial charge on any atom is -0.289 e. The fourth-order valence-electron chi connectivity index (χ4n) is 1.59. The lowest BCUT2D eigenvalue weighted by atomic mass is 10.0. The predicted molar refractivity (Wildman–Crippen MR) is 71.0 cm³/mol. The molecule has 5 heteroatoms. The highest BCUT2D eigenvalue weighted by Crippen LogP contribution is 2.25. The largest absolute Gasteiger partial charge is 0.289 e. The van der Waals surface area contributed by atoms with E-state index in [4.69, 9.17) is 23.2 Å². The first-order valence-electron chi connectivity index (χ1n) is 5.35. The van der Waals surface area contributed by atoms with E-state index in [1.54, 1.807) is 19.1 Å². The van der Waals surface area contributed by atoms with E-state index in [2.05, 4.69) is 0 Å². The minimum atomic E-state index is -1.12. The van der Waals surface area contributed by atoms with Crippen molar-refractivity contribution in [3.63, 3.8) is 0 Å². The van der Waals surface area contributed by atoms with Crippen LogP contribution in [-0.4, -0.2) is 5.78 Å². The van der Waals surface area contributed by atoms with E-state index in [-0.39, 0.29) is 16.1 Å². The van der Waals surface area contributed by atoms with Crippen molar-refractivity contribution >= 4 is 29.0 Å². The lowest BCUT2D eigenvalue weighted by Gasteiger charge is -2.06. The molecule has 1 nitrogen and oxygen atoms in total. The van der Waals surface area contributed by atoms with Gasteiger partial charge in [-0.25, -0.2) is 8.78 Å². The third-order valence-electron chi connectivity index (χ3n) is 2.69. The van der Waals surface area contributed by atoms with Gasteiger partial charge in [0.15, 0.2) is 17.4 Å². The molecular formula is C14H8Cl2F2O. The molecule has 0 N–H and O–H groups in total. The Morgan fingerprint density at radius 3 is 2.26 bits per heavy atom. The first kappa shape index (κ1) is 14.0. The van der Waals surface area contributed by atoms with Crippen LogP contribution >= 0.6 is 23.2 Å². The van der Waals surface area contributed by atoms with Gasteiger partial charge in [-0.05, 0) is 30.7 Å². The zero-order valence-corrected chi connectivity index (χ0v) is 11.3. The van der Waals surface area contributed by atoms with Gasteiger partial charge in [0.1, 0.15) is 0 Å². The number of carbonyl (C=O) groups is 1. The molecule has 2 aromatic rings. The Bertz CT molecular complexity index is 669. The lowest BCUT2D eigenvalue weighted by Crippen LogP contribution is -2.04. The van der Waals surface area contributed by atoms with E-state index >= 15 is 0 Å². The van der Waals surface area contributed by atoms with Crippen molar-refractivity contribution in [3.05, 3.63) is 68.7 Å². The first-order chi connectivity index (χ1) is 8.90. The highest BCUT2D eigenvalue weighted by Gasteiger charge is 2.17. The van der Waals surface area contributed by atoms with Gasteiger partial charge in [0, 0.05) is 16.1 Å². The van der Waals surface area contributed by atoms with E-state index in [1.165, 1.54) is 6.07 Å². The summed E-state index contributed by atoms with van der Waals surface area (Å²) >= 11 is 11.7. The van der Waals surface area contributed by atoms with Gasteiger partial charge in [-0.15, -0.1) is 0 Å². The number of carbonyl (C=O) groups excluding carboxylic acids is 1. The second-order valence-electron chi connectivity index (χ2n) is 4.04. The second-order valence-corrected chi connectivity index (χ2v) is 4.85. The van der Waals surface area contributed by atoms with E-state index in [9.17, 15) is 13.6 Å². The van der Waals surface area contributed by atoms with Gasteiger partial charge in [0.05, 0.1) is 5.02 Å². The summed E-state index contributed by atoms with van der Waals surface area (Å²) in [4.78, 5) is 12.2. The molecule has 0 radical (unpaired) electrons. The molecule has 0 fully saturated rings. The molecule has 0 bridgehead atoms. The van der Waals surface area contributed by atoms with E-state index in [0.717, 1.165) is 17.7 Å². The van der Waals surface area contributed by atoms with Crippen molar-refractivity contribution in [1.29, 1.82) is 0 Å². The number of ketones is 1. The van der Waals surface area contributed by atoms with Crippen molar-refractivity contribution in [2.24, 2.45) is 0 Å². The van der Waals surface area contributed by atoms with Crippen LogP contribution in [0.2, 0.25) is 10.0 Å². The Labute approximate surface area is 118 Å². The van der Waals surface area contributed by atoms with E-state index in [1.807, 2.05) is 0 Å². The van der Waals surface area contributed by atoms with Crippen LogP contribution in [0.4, 0.5) is 8.78 Å². The SMILES string of the molecule is Cc1ccc(C(=O)c2cc(F)c(F)cc2Cl)cc1Cl. The summed E-state index contributed by atoms with van der Waals surface area (Å²) < 4.78 is 26.1. The first-order valence-corrected chi connectivity index (χ1v) is 6.11. The van der Waals surface area contributed by atoms with Gasteiger partial charge >= 0.3 is 0 Å². The fourth-order valence-corrected chi connectivity index (χ4v) is 2.00. The smallest absolute Gasteiger partial charge is 0.194 e. The van der Waals surface area contributed by atoms with Crippen LogP contribution in [0.3, 0.4) is 0 Å². The van der Waals surface area contributed by atoms with Gasteiger partial charge in [0.2, 0.25) is 0 Å². The molecule has 0 aliphatic heterocycles. The standard InChI is InChI=1S/C14H8Cl2F2O/c1-7-2-3-8(4-10(7)15)14(19)9-5-12(17)13(18)6-11(9)16/h2-6H,1H3. The molecule has 0 heterocycles. The molecule has 0 aliphatic carbocycles. The molecule has 19 heavy (non-hydrogen) atoms. The van der Waals surface area contributed by atoms with Gasteiger partial charge in [-0.2, -0.15) is 0 Å². The van der Waals surface area contributed by atoms with Crippen molar-refractivity contribution in [2.45, 2.75) is 6.92 Å². The Balaban J connectivity index is 2.49. The molecule has 0 spiro atoms. The lowest BCUT2D eigenvalue weighted by molar-refractivity contribution is 0.103. The number of halogens is 4. The summed E-state index contributed by atoms with van der Waals surface area (Å²) in [5.41, 5.74) is 0.985. The van der Waals surface area contributed by atoms with Crippen molar-refractivity contribution in [2.75, 3.05) is 0 Å². The van der Waals surface area contributed by atoms with Gasteiger partial charge in [-0.1, -0.05) is 35.3 Å². The molecule has 0 saturated carbocycles. The molecule has 0 aromatic heterocycles. The monoisotopic (exact) mass is 300 g/mol. The Hall–Kier alpha value is -1.45. The third-order valence-corrected chi connectivity index (χ3v) is 3.41. The van der Waals surface area contributed by atoms with E-state index < -0.39 is 17.4 Å². The van der Waals surface area contributed by atoms with Crippen LogP contribution in [0, 0.1) is 18.6 Å². The predicted octanol–water partition coefficient (Wildman–Crippen LogP) is 4.81. The molecule has 0 unspecified atom stereocenters. The fraction of sp³-hybridized carbons (Fsp3) is 0.0714.